The first kappa shape index (κ1) is 12.7. The number of hydrogen-bond donors (Lipinski definition) is 1. The van der Waals surface area contributed by atoms with E-state index in [4.69, 9.17) is 0 Å². The van der Waals surface area contributed by atoms with Crippen LogP contribution in [0.5, 0.6) is 0 Å². The van der Waals surface area contributed by atoms with Gasteiger partial charge in [0, 0.05) is 12.0 Å². The molecule has 1 atom stereocenters. The highest BCUT2D eigenvalue weighted by Crippen LogP contribution is 2.28. The van der Waals surface area contributed by atoms with Gasteiger partial charge in [-0.3, -0.25) is 0 Å². The zero-order valence-corrected chi connectivity index (χ0v) is 10.0. The second kappa shape index (κ2) is 4.86. The van der Waals surface area contributed by atoms with Crippen LogP contribution in [0.3, 0.4) is 0 Å². The third-order valence-electron chi connectivity index (χ3n) is 2.92. The van der Waals surface area contributed by atoms with E-state index in [1.54, 1.807) is 0 Å². The Morgan fingerprint density at radius 3 is 2.33 bits per heavy atom. The van der Waals surface area contributed by atoms with Gasteiger partial charge in [0.25, 0.3) is 0 Å². The quantitative estimate of drug-likeness (QED) is 0.882. The van der Waals surface area contributed by atoms with E-state index in [9.17, 15) is 13.9 Å². The molecular weight excluding hydrogens is 234 g/mol. The highest BCUT2D eigenvalue weighted by molar-refractivity contribution is 5.28. The monoisotopic (exact) mass is 248 g/mol. The van der Waals surface area contributed by atoms with Crippen molar-refractivity contribution < 1.29 is 13.9 Å². The lowest BCUT2D eigenvalue weighted by Gasteiger charge is -2.24. The van der Waals surface area contributed by atoms with Crippen molar-refractivity contribution in [1.82, 2.24) is 0 Å². The van der Waals surface area contributed by atoms with Gasteiger partial charge in [-0.15, -0.1) is 0 Å². The second-order valence-corrected chi connectivity index (χ2v) is 4.54. The van der Waals surface area contributed by atoms with Crippen LogP contribution in [0.15, 0.2) is 48.5 Å². The first-order valence-corrected chi connectivity index (χ1v) is 5.71. The highest BCUT2D eigenvalue weighted by atomic mass is 19.2. The molecule has 0 heterocycles. The van der Waals surface area contributed by atoms with Crippen LogP contribution in [-0.2, 0) is 12.0 Å². The van der Waals surface area contributed by atoms with Gasteiger partial charge in [0.1, 0.15) is 0 Å². The standard InChI is InChI=1S/C15H14F2O/c1-15(18,10-11-6-3-2-4-7-11)12-8-5-9-13(16)14(12)17/h2-9,18H,10H2,1H3. The molecule has 2 aromatic carbocycles. The molecule has 0 spiro atoms. The molecule has 1 nitrogen and oxygen atoms in total. The van der Waals surface area contributed by atoms with Gasteiger partial charge in [-0.2, -0.15) is 0 Å². The SMILES string of the molecule is CC(O)(Cc1ccccc1)c1cccc(F)c1F. The Labute approximate surface area is 105 Å². The summed E-state index contributed by atoms with van der Waals surface area (Å²) in [6.45, 7) is 1.48. The third kappa shape index (κ3) is 2.57. The van der Waals surface area contributed by atoms with Crippen LogP contribution in [0.25, 0.3) is 0 Å². The maximum absolute atomic E-state index is 13.7. The number of aliphatic hydroxyl groups is 1. The van der Waals surface area contributed by atoms with Gasteiger partial charge < -0.3 is 5.11 Å². The van der Waals surface area contributed by atoms with E-state index in [1.807, 2.05) is 30.3 Å². The molecule has 0 amide bonds. The van der Waals surface area contributed by atoms with Crippen LogP contribution in [0.2, 0.25) is 0 Å². The van der Waals surface area contributed by atoms with Crippen molar-refractivity contribution in [2.75, 3.05) is 0 Å². The summed E-state index contributed by atoms with van der Waals surface area (Å²) < 4.78 is 26.8. The van der Waals surface area contributed by atoms with E-state index in [2.05, 4.69) is 0 Å². The van der Waals surface area contributed by atoms with Crippen LogP contribution < -0.4 is 0 Å². The van der Waals surface area contributed by atoms with Gasteiger partial charge in [0.05, 0.1) is 5.60 Å². The van der Waals surface area contributed by atoms with Gasteiger partial charge in [-0.25, -0.2) is 8.78 Å². The predicted molar refractivity (Wildman–Crippen MR) is 66.1 cm³/mol. The lowest BCUT2D eigenvalue weighted by molar-refractivity contribution is 0.0530. The van der Waals surface area contributed by atoms with Crippen molar-refractivity contribution in [3.63, 3.8) is 0 Å². The molecule has 0 saturated carbocycles. The van der Waals surface area contributed by atoms with E-state index in [-0.39, 0.29) is 12.0 Å². The Morgan fingerprint density at radius 2 is 1.67 bits per heavy atom. The summed E-state index contributed by atoms with van der Waals surface area (Å²) in [5.74, 6) is -1.93. The minimum Gasteiger partial charge on any atom is -0.385 e. The molecule has 0 fully saturated rings. The summed E-state index contributed by atoms with van der Waals surface area (Å²) in [5.41, 5.74) is -0.592. The smallest absolute Gasteiger partial charge is 0.164 e. The maximum atomic E-state index is 13.7. The lowest BCUT2D eigenvalue weighted by atomic mass is 9.88. The van der Waals surface area contributed by atoms with Crippen LogP contribution in [0.4, 0.5) is 8.78 Å². The molecule has 0 aromatic heterocycles. The summed E-state index contributed by atoms with van der Waals surface area (Å²) in [4.78, 5) is 0. The normalized spacial score (nSPS) is 14.2. The zero-order valence-electron chi connectivity index (χ0n) is 10.0. The fourth-order valence-electron chi connectivity index (χ4n) is 2.01. The van der Waals surface area contributed by atoms with Crippen molar-refractivity contribution in [3.05, 3.63) is 71.3 Å². The van der Waals surface area contributed by atoms with Crippen molar-refractivity contribution in [3.8, 4) is 0 Å². The largest absolute Gasteiger partial charge is 0.385 e. The number of halogens is 2. The summed E-state index contributed by atoms with van der Waals surface area (Å²) in [7, 11) is 0. The molecule has 94 valence electrons. The van der Waals surface area contributed by atoms with E-state index in [0.717, 1.165) is 11.6 Å². The molecule has 1 unspecified atom stereocenters. The van der Waals surface area contributed by atoms with Gasteiger partial charge in [-0.05, 0) is 18.6 Å². The van der Waals surface area contributed by atoms with Crippen LogP contribution >= 0.6 is 0 Å². The van der Waals surface area contributed by atoms with Gasteiger partial charge >= 0.3 is 0 Å². The average molecular weight is 248 g/mol. The van der Waals surface area contributed by atoms with E-state index < -0.39 is 17.2 Å². The number of benzene rings is 2. The minimum atomic E-state index is -1.44. The molecular formula is C15H14F2O. The van der Waals surface area contributed by atoms with E-state index in [0.29, 0.717) is 0 Å². The molecule has 0 saturated heterocycles. The molecule has 0 aliphatic rings. The van der Waals surface area contributed by atoms with E-state index >= 15 is 0 Å². The summed E-state index contributed by atoms with van der Waals surface area (Å²) in [6, 6.07) is 13.1. The number of hydrogen-bond acceptors (Lipinski definition) is 1. The molecule has 0 bridgehead atoms. The average Bonchev–Trinajstić information content (AvgIpc) is 2.33. The first-order chi connectivity index (χ1) is 8.50. The molecule has 2 rings (SSSR count). The Bertz CT molecular complexity index is 535. The van der Waals surface area contributed by atoms with Gasteiger partial charge in [0.15, 0.2) is 11.6 Å². The summed E-state index contributed by atoms with van der Waals surface area (Å²) in [5, 5.41) is 10.3. The van der Waals surface area contributed by atoms with Crippen molar-refractivity contribution in [1.29, 1.82) is 0 Å². The maximum Gasteiger partial charge on any atom is 0.164 e. The molecule has 0 aliphatic heterocycles. The summed E-state index contributed by atoms with van der Waals surface area (Å²) >= 11 is 0. The van der Waals surface area contributed by atoms with Crippen LogP contribution in [0.1, 0.15) is 18.1 Å². The zero-order chi connectivity index (χ0) is 13.2. The molecule has 3 heteroatoms. The first-order valence-electron chi connectivity index (χ1n) is 5.71. The molecule has 0 radical (unpaired) electrons. The van der Waals surface area contributed by atoms with Crippen molar-refractivity contribution in [2.24, 2.45) is 0 Å². The Morgan fingerprint density at radius 1 is 1.00 bits per heavy atom. The fourth-order valence-corrected chi connectivity index (χ4v) is 2.01. The number of rotatable bonds is 3. The predicted octanol–water partition coefficient (Wildman–Crippen LogP) is 3.42. The van der Waals surface area contributed by atoms with Gasteiger partial charge in [-0.1, -0.05) is 42.5 Å². The summed E-state index contributed by atoms with van der Waals surface area (Å²) in [6.07, 6.45) is 0.230. The minimum absolute atomic E-state index is 0.0219. The molecule has 0 aliphatic carbocycles. The fraction of sp³-hybridized carbons (Fsp3) is 0.200. The van der Waals surface area contributed by atoms with Crippen LogP contribution in [0, 0.1) is 11.6 Å². The topological polar surface area (TPSA) is 20.2 Å². The molecule has 2 aromatic rings. The van der Waals surface area contributed by atoms with Crippen molar-refractivity contribution >= 4 is 0 Å². The Balaban J connectivity index is 2.33. The highest BCUT2D eigenvalue weighted by Gasteiger charge is 2.28. The third-order valence-corrected chi connectivity index (χ3v) is 2.92. The Kier molecular flexibility index (Phi) is 3.43. The molecule has 1 N–H and O–H groups in total. The van der Waals surface area contributed by atoms with Gasteiger partial charge in [0.2, 0.25) is 0 Å². The van der Waals surface area contributed by atoms with E-state index in [1.165, 1.54) is 19.1 Å². The second-order valence-electron chi connectivity index (χ2n) is 4.54. The van der Waals surface area contributed by atoms with Crippen molar-refractivity contribution in [2.45, 2.75) is 18.9 Å². The molecule has 18 heavy (non-hydrogen) atoms. The van der Waals surface area contributed by atoms with Crippen LogP contribution in [-0.4, -0.2) is 5.11 Å². The Hall–Kier alpha value is -1.74. The lowest BCUT2D eigenvalue weighted by Crippen LogP contribution is -2.26.